The van der Waals surface area contributed by atoms with Crippen LogP contribution in [0.4, 0.5) is 0 Å². The van der Waals surface area contributed by atoms with Crippen LogP contribution in [0.2, 0.25) is 0 Å². The fourth-order valence-corrected chi connectivity index (χ4v) is 3.77. The van der Waals surface area contributed by atoms with E-state index in [4.69, 9.17) is 10.3 Å². The lowest BCUT2D eigenvalue weighted by Crippen LogP contribution is -2.34. The SMILES string of the molecule is NC1CCCCC1Cc1nc(C2CCCCCC2)no1. The molecule has 2 aliphatic carbocycles. The Morgan fingerprint density at radius 2 is 1.65 bits per heavy atom. The summed E-state index contributed by atoms with van der Waals surface area (Å²) in [5.74, 6) is 2.82. The van der Waals surface area contributed by atoms with Gasteiger partial charge >= 0.3 is 0 Å². The van der Waals surface area contributed by atoms with Gasteiger partial charge in [-0.25, -0.2) is 0 Å². The minimum Gasteiger partial charge on any atom is -0.339 e. The number of nitrogens with zero attached hydrogens (tertiary/aromatic N) is 2. The number of aromatic nitrogens is 2. The van der Waals surface area contributed by atoms with E-state index in [0.717, 1.165) is 24.6 Å². The van der Waals surface area contributed by atoms with Crippen molar-refractivity contribution in [2.75, 3.05) is 0 Å². The Labute approximate surface area is 121 Å². The van der Waals surface area contributed by atoms with Gasteiger partial charge in [-0.2, -0.15) is 4.98 Å². The Bertz CT molecular complexity index is 410. The molecule has 112 valence electrons. The van der Waals surface area contributed by atoms with Crippen LogP contribution in [-0.2, 0) is 6.42 Å². The molecule has 2 N–H and O–H groups in total. The normalized spacial score (nSPS) is 29.2. The summed E-state index contributed by atoms with van der Waals surface area (Å²) < 4.78 is 5.49. The topological polar surface area (TPSA) is 64.9 Å². The standard InChI is InChI=1S/C16H27N3O/c17-14-10-6-5-9-13(14)11-15-18-16(19-20-15)12-7-3-1-2-4-8-12/h12-14H,1-11,17H2. The second kappa shape index (κ2) is 6.70. The van der Waals surface area contributed by atoms with Crippen LogP contribution in [0.3, 0.4) is 0 Å². The lowest BCUT2D eigenvalue weighted by atomic mass is 9.83. The van der Waals surface area contributed by atoms with Crippen molar-refractivity contribution < 1.29 is 4.52 Å². The Hall–Kier alpha value is -0.900. The molecule has 2 fully saturated rings. The second-order valence-electron chi connectivity index (χ2n) is 6.65. The molecule has 0 aromatic carbocycles. The number of hydrogen-bond acceptors (Lipinski definition) is 4. The fourth-order valence-electron chi connectivity index (χ4n) is 3.77. The summed E-state index contributed by atoms with van der Waals surface area (Å²) in [4.78, 5) is 4.67. The molecule has 3 rings (SSSR count). The van der Waals surface area contributed by atoms with Gasteiger partial charge in [0.25, 0.3) is 0 Å². The first-order chi connectivity index (χ1) is 9.83. The van der Waals surface area contributed by atoms with Crippen LogP contribution in [0.5, 0.6) is 0 Å². The lowest BCUT2D eigenvalue weighted by molar-refractivity contribution is 0.272. The van der Waals surface area contributed by atoms with Crippen LogP contribution in [0.1, 0.15) is 81.8 Å². The number of hydrogen-bond donors (Lipinski definition) is 1. The van der Waals surface area contributed by atoms with Gasteiger partial charge in [0.2, 0.25) is 5.89 Å². The van der Waals surface area contributed by atoms with Crippen molar-refractivity contribution in [1.82, 2.24) is 10.1 Å². The Balaban J connectivity index is 1.60. The molecule has 2 saturated carbocycles. The van der Waals surface area contributed by atoms with Crippen molar-refractivity contribution in [3.63, 3.8) is 0 Å². The third-order valence-electron chi connectivity index (χ3n) is 5.11. The van der Waals surface area contributed by atoms with Gasteiger partial charge < -0.3 is 10.3 Å². The van der Waals surface area contributed by atoms with Gasteiger partial charge in [0.15, 0.2) is 5.82 Å². The van der Waals surface area contributed by atoms with Crippen molar-refractivity contribution >= 4 is 0 Å². The molecule has 2 aliphatic rings. The van der Waals surface area contributed by atoms with Crippen molar-refractivity contribution in [2.24, 2.45) is 11.7 Å². The Kier molecular flexibility index (Phi) is 4.71. The largest absolute Gasteiger partial charge is 0.339 e. The molecule has 2 atom stereocenters. The van der Waals surface area contributed by atoms with Crippen LogP contribution >= 0.6 is 0 Å². The van der Waals surface area contributed by atoms with E-state index in [1.807, 2.05) is 0 Å². The highest BCUT2D eigenvalue weighted by Crippen LogP contribution is 2.31. The van der Waals surface area contributed by atoms with Crippen molar-refractivity contribution in [3.8, 4) is 0 Å². The molecule has 0 aliphatic heterocycles. The first-order valence-electron chi connectivity index (χ1n) is 8.41. The molecular formula is C16H27N3O. The highest BCUT2D eigenvalue weighted by atomic mass is 16.5. The maximum atomic E-state index is 6.21. The van der Waals surface area contributed by atoms with Gasteiger partial charge in [0, 0.05) is 18.4 Å². The number of nitrogens with two attached hydrogens (primary N) is 1. The van der Waals surface area contributed by atoms with Crippen molar-refractivity contribution in [1.29, 1.82) is 0 Å². The van der Waals surface area contributed by atoms with Gasteiger partial charge in [0.05, 0.1) is 0 Å². The molecule has 1 aromatic heterocycles. The summed E-state index contributed by atoms with van der Waals surface area (Å²) in [6.07, 6.45) is 13.6. The van der Waals surface area contributed by atoms with Crippen molar-refractivity contribution in [2.45, 2.75) is 82.6 Å². The highest BCUT2D eigenvalue weighted by Gasteiger charge is 2.25. The molecule has 0 saturated heterocycles. The average molecular weight is 277 g/mol. The maximum Gasteiger partial charge on any atom is 0.226 e. The van der Waals surface area contributed by atoms with E-state index in [-0.39, 0.29) is 0 Å². The zero-order valence-corrected chi connectivity index (χ0v) is 12.4. The molecule has 4 heteroatoms. The quantitative estimate of drug-likeness (QED) is 0.858. The van der Waals surface area contributed by atoms with Crippen LogP contribution in [0.15, 0.2) is 4.52 Å². The Morgan fingerprint density at radius 1 is 0.950 bits per heavy atom. The van der Waals surface area contributed by atoms with Gasteiger partial charge in [-0.05, 0) is 31.6 Å². The van der Waals surface area contributed by atoms with E-state index in [1.165, 1.54) is 57.8 Å². The van der Waals surface area contributed by atoms with Gasteiger partial charge in [-0.3, -0.25) is 0 Å². The first-order valence-corrected chi connectivity index (χ1v) is 8.41. The molecule has 20 heavy (non-hydrogen) atoms. The fraction of sp³-hybridized carbons (Fsp3) is 0.875. The van der Waals surface area contributed by atoms with E-state index in [2.05, 4.69) is 10.1 Å². The minimum atomic E-state index is 0.317. The van der Waals surface area contributed by atoms with Crippen LogP contribution in [0.25, 0.3) is 0 Å². The van der Waals surface area contributed by atoms with Crippen molar-refractivity contribution in [3.05, 3.63) is 11.7 Å². The molecule has 4 nitrogen and oxygen atoms in total. The molecular weight excluding hydrogens is 250 g/mol. The zero-order chi connectivity index (χ0) is 13.8. The van der Waals surface area contributed by atoms with Crippen LogP contribution in [-0.4, -0.2) is 16.2 Å². The third-order valence-corrected chi connectivity index (χ3v) is 5.11. The summed E-state index contributed by atoms with van der Waals surface area (Å²) in [7, 11) is 0. The second-order valence-corrected chi connectivity index (χ2v) is 6.65. The summed E-state index contributed by atoms with van der Waals surface area (Å²) in [6.45, 7) is 0. The molecule has 1 aromatic rings. The van der Waals surface area contributed by atoms with E-state index >= 15 is 0 Å². The summed E-state index contributed by atoms with van der Waals surface area (Å²) in [5.41, 5.74) is 6.21. The third kappa shape index (κ3) is 3.40. The average Bonchev–Trinajstić information content (AvgIpc) is 2.74. The number of rotatable bonds is 3. The predicted molar refractivity (Wildman–Crippen MR) is 78.4 cm³/mol. The first kappa shape index (κ1) is 14.1. The lowest BCUT2D eigenvalue weighted by Gasteiger charge is -2.27. The summed E-state index contributed by atoms with van der Waals surface area (Å²) in [6, 6.07) is 0.317. The zero-order valence-electron chi connectivity index (χ0n) is 12.4. The summed E-state index contributed by atoms with van der Waals surface area (Å²) >= 11 is 0. The van der Waals surface area contributed by atoms with E-state index < -0.39 is 0 Å². The Morgan fingerprint density at radius 3 is 2.40 bits per heavy atom. The molecule has 0 spiro atoms. The van der Waals surface area contributed by atoms with E-state index in [0.29, 0.717) is 17.9 Å². The van der Waals surface area contributed by atoms with Crippen LogP contribution < -0.4 is 5.73 Å². The molecule has 1 heterocycles. The van der Waals surface area contributed by atoms with Gasteiger partial charge in [-0.1, -0.05) is 43.7 Å². The molecule has 0 bridgehead atoms. The van der Waals surface area contributed by atoms with E-state index in [9.17, 15) is 0 Å². The molecule has 2 unspecified atom stereocenters. The van der Waals surface area contributed by atoms with Gasteiger partial charge in [-0.15, -0.1) is 0 Å². The predicted octanol–water partition coefficient (Wildman–Crippen LogP) is 3.57. The highest BCUT2D eigenvalue weighted by molar-refractivity contribution is 4.98. The summed E-state index contributed by atoms with van der Waals surface area (Å²) in [5, 5.41) is 4.25. The molecule has 0 radical (unpaired) electrons. The molecule has 0 amide bonds. The van der Waals surface area contributed by atoms with E-state index in [1.54, 1.807) is 0 Å². The van der Waals surface area contributed by atoms with Crippen LogP contribution in [0, 0.1) is 5.92 Å². The van der Waals surface area contributed by atoms with Gasteiger partial charge in [0.1, 0.15) is 0 Å². The monoisotopic (exact) mass is 277 g/mol. The minimum absolute atomic E-state index is 0.317. The smallest absolute Gasteiger partial charge is 0.226 e. The maximum absolute atomic E-state index is 6.21.